The fourth-order valence-corrected chi connectivity index (χ4v) is 2.54. The van der Waals surface area contributed by atoms with Crippen LogP contribution in [-0.4, -0.2) is 52.4 Å². The summed E-state index contributed by atoms with van der Waals surface area (Å²) in [7, 11) is 0. The molecule has 1 aliphatic rings. The second kappa shape index (κ2) is 7.95. The number of esters is 3. The molecule has 0 radical (unpaired) electrons. The molecule has 26 heavy (non-hydrogen) atoms. The smallest absolute Gasteiger partial charge is 0.330 e. The summed E-state index contributed by atoms with van der Waals surface area (Å²) in [5.41, 5.74) is -1.43. The van der Waals surface area contributed by atoms with Crippen molar-refractivity contribution in [3.05, 3.63) is 33.1 Å². The van der Waals surface area contributed by atoms with Crippen LogP contribution in [0.4, 0.5) is 0 Å². The van der Waals surface area contributed by atoms with E-state index in [0.717, 1.165) is 30.7 Å². The normalized spacial score (nSPS) is 24.7. The van der Waals surface area contributed by atoms with E-state index in [0.29, 0.717) is 0 Å². The molecule has 1 unspecified atom stereocenters. The van der Waals surface area contributed by atoms with Gasteiger partial charge in [-0.25, -0.2) is 4.79 Å². The minimum Gasteiger partial charge on any atom is -0.463 e. The first-order valence-corrected chi connectivity index (χ1v) is 7.63. The molecule has 0 saturated carbocycles. The van der Waals surface area contributed by atoms with E-state index in [1.165, 1.54) is 6.92 Å². The van der Waals surface area contributed by atoms with E-state index in [1.807, 2.05) is 4.98 Å². The first-order valence-electron chi connectivity index (χ1n) is 7.63. The summed E-state index contributed by atoms with van der Waals surface area (Å²) in [5, 5.41) is 0. The standard InChI is InChI=1S/C15H18N2O9/c1-7(18)23-6-10-12(24-8(2)19)13(25-9(3)20)14(26-10)17-5-4-11(21)16-15(17)22/h4-5,10,12-14H,6H2,1-3H3,(H,16,21,22)/t10-,12+,13?,14-/m1/s1. The third kappa shape index (κ3) is 4.57. The molecule has 142 valence electrons. The average Bonchev–Trinajstić information content (AvgIpc) is 2.82. The summed E-state index contributed by atoms with van der Waals surface area (Å²) in [6, 6.07) is 1.08. The molecule has 1 aromatic rings. The molecule has 0 spiro atoms. The highest BCUT2D eigenvalue weighted by molar-refractivity contribution is 5.67. The van der Waals surface area contributed by atoms with Crippen molar-refractivity contribution in [1.82, 2.24) is 9.55 Å². The minimum absolute atomic E-state index is 0.292. The summed E-state index contributed by atoms with van der Waals surface area (Å²) in [6.45, 7) is 3.17. The fourth-order valence-electron chi connectivity index (χ4n) is 2.54. The number of nitrogens with zero attached hydrogens (tertiary/aromatic N) is 1. The fraction of sp³-hybridized carbons (Fsp3) is 0.533. The maximum Gasteiger partial charge on any atom is 0.330 e. The van der Waals surface area contributed by atoms with Crippen LogP contribution in [0.5, 0.6) is 0 Å². The number of carbonyl (C=O) groups is 3. The van der Waals surface area contributed by atoms with Gasteiger partial charge >= 0.3 is 23.6 Å². The Morgan fingerprint density at radius 1 is 1.08 bits per heavy atom. The Labute approximate surface area is 146 Å². The minimum atomic E-state index is -1.20. The lowest BCUT2D eigenvalue weighted by molar-refractivity contribution is -0.166. The number of aromatic nitrogens is 2. The van der Waals surface area contributed by atoms with Gasteiger partial charge in [0, 0.05) is 33.0 Å². The van der Waals surface area contributed by atoms with Gasteiger partial charge in [-0.1, -0.05) is 0 Å². The highest BCUT2D eigenvalue weighted by atomic mass is 16.7. The molecule has 0 aliphatic carbocycles. The van der Waals surface area contributed by atoms with E-state index in [1.54, 1.807) is 0 Å². The number of ether oxygens (including phenoxy) is 4. The molecular formula is C15H18N2O9. The number of hydrogen-bond acceptors (Lipinski definition) is 9. The lowest BCUT2D eigenvalue weighted by Crippen LogP contribution is -2.42. The zero-order valence-corrected chi connectivity index (χ0v) is 14.3. The first-order chi connectivity index (χ1) is 12.2. The number of rotatable bonds is 5. The number of nitrogens with one attached hydrogen (secondary N) is 1. The molecular weight excluding hydrogens is 352 g/mol. The second-order valence-electron chi connectivity index (χ2n) is 5.53. The van der Waals surface area contributed by atoms with Crippen LogP contribution in [0.2, 0.25) is 0 Å². The molecule has 2 rings (SSSR count). The number of aromatic amines is 1. The second-order valence-corrected chi connectivity index (χ2v) is 5.53. The molecule has 0 amide bonds. The summed E-state index contributed by atoms with van der Waals surface area (Å²) < 4.78 is 21.9. The van der Waals surface area contributed by atoms with E-state index in [-0.39, 0.29) is 6.61 Å². The number of H-pyrrole nitrogens is 1. The van der Waals surface area contributed by atoms with Gasteiger partial charge in [-0.2, -0.15) is 0 Å². The van der Waals surface area contributed by atoms with E-state index in [9.17, 15) is 24.0 Å². The number of carbonyl (C=O) groups excluding carboxylic acids is 3. The quantitative estimate of drug-likeness (QED) is 0.502. The third-order valence-corrected chi connectivity index (χ3v) is 3.47. The molecule has 2 heterocycles. The molecule has 11 nitrogen and oxygen atoms in total. The Kier molecular flexibility index (Phi) is 5.93. The van der Waals surface area contributed by atoms with Gasteiger partial charge < -0.3 is 18.9 Å². The summed E-state index contributed by atoms with van der Waals surface area (Å²) in [5.74, 6) is -1.98. The highest BCUT2D eigenvalue weighted by Crippen LogP contribution is 2.33. The zero-order valence-electron chi connectivity index (χ0n) is 14.3. The predicted octanol–water partition coefficient (Wildman–Crippen LogP) is -1.14. The van der Waals surface area contributed by atoms with E-state index in [2.05, 4.69) is 0 Å². The van der Waals surface area contributed by atoms with Crippen LogP contribution in [0.15, 0.2) is 21.9 Å². The summed E-state index contributed by atoms with van der Waals surface area (Å²) in [6.07, 6.45) is -3.36. The first kappa shape index (κ1) is 19.4. The average molecular weight is 370 g/mol. The van der Waals surface area contributed by atoms with Crippen molar-refractivity contribution in [3.63, 3.8) is 0 Å². The monoisotopic (exact) mass is 370 g/mol. The largest absolute Gasteiger partial charge is 0.463 e. The van der Waals surface area contributed by atoms with Crippen molar-refractivity contribution in [2.24, 2.45) is 0 Å². The van der Waals surface area contributed by atoms with Crippen LogP contribution < -0.4 is 11.2 Å². The predicted molar refractivity (Wildman–Crippen MR) is 83.0 cm³/mol. The lowest BCUT2D eigenvalue weighted by Gasteiger charge is -2.23. The van der Waals surface area contributed by atoms with Gasteiger partial charge in [0.2, 0.25) is 0 Å². The van der Waals surface area contributed by atoms with E-state index in [4.69, 9.17) is 18.9 Å². The topological polar surface area (TPSA) is 143 Å². The molecule has 0 aromatic carbocycles. The molecule has 1 N–H and O–H groups in total. The van der Waals surface area contributed by atoms with Gasteiger partial charge in [-0.05, 0) is 0 Å². The molecule has 1 aliphatic heterocycles. The van der Waals surface area contributed by atoms with Gasteiger partial charge in [0.25, 0.3) is 5.56 Å². The van der Waals surface area contributed by atoms with Crippen molar-refractivity contribution in [1.29, 1.82) is 0 Å². The Morgan fingerprint density at radius 2 is 1.69 bits per heavy atom. The van der Waals surface area contributed by atoms with Crippen molar-refractivity contribution in [2.75, 3.05) is 6.61 Å². The molecule has 1 fully saturated rings. The molecule has 4 atom stereocenters. The number of hydrogen-bond donors (Lipinski definition) is 1. The lowest BCUT2D eigenvalue weighted by atomic mass is 10.1. The molecule has 1 aromatic heterocycles. The van der Waals surface area contributed by atoms with Gasteiger partial charge in [-0.3, -0.25) is 28.7 Å². The maximum absolute atomic E-state index is 12.1. The van der Waals surface area contributed by atoms with Gasteiger partial charge in [0.1, 0.15) is 12.7 Å². The van der Waals surface area contributed by atoms with Crippen LogP contribution in [0, 0.1) is 0 Å². The van der Waals surface area contributed by atoms with Crippen molar-refractivity contribution in [2.45, 2.75) is 45.3 Å². The van der Waals surface area contributed by atoms with Gasteiger partial charge in [0.05, 0.1) is 0 Å². The highest BCUT2D eigenvalue weighted by Gasteiger charge is 2.50. The molecule has 1 saturated heterocycles. The van der Waals surface area contributed by atoms with Crippen molar-refractivity contribution < 1.29 is 33.3 Å². The maximum atomic E-state index is 12.1. The van der Waals surface area contributed by atoms with Crippen molar-refractivity contribution >= 4 is 17.9 Å². The van der Waals surface area contributed by atoms with Gasteiger partial charge in [0.15, 0.2) is 18.4 Å². The van der Waals surface area contributed by atoms with Crippen molar-refractivity contribution in [3.8, 4) is 0 Å². The van der Waals surface area contributed by atoms with E-state index < -0.39 is 53.7 Å². The zero-order chi connectivity index (χ0) is 19.4. The van der Waals surface area contributed by atoms with Crippen LogP contribution >= 0.6 is 0 Å². The molecule has 0 bridgehead atoms. The summed E-state index contributed by atoms with van der Waals surface area (Å²) >= 11 is 0. The van der Waals surface area contributed by atoms with Crippen LogP contribution in [0.1, 0.15) is 27.0 Å². The Morgan fingerprint density at radius 3 is 2.23 bits per heavy atom. The van der Waals surface area contributed by atoms with Crippen LogP contribution in [0.3, 0.4) is 0 Å². The Balaban J connectivity index is 2.41. The molecule has 11 heteroatoms. The van der Waals surface area contributed by atoms with Crippen LogP contribution in [-0.2, 0) is 33.3 Å². The summed E-state index contributed by atoms with van der Waals surface area (Å²) in [4.78, 5) is 59.3. The van der Waals surface area contributed by atoms with E-state index >= 15 is 0 Å². The Hall–Kier alpha value is -2.95. The Bertz CT molecular complexity index is 812. The third-order valence-electron chi connectivity index (χ3n) is 3.47. The van der Waals surface area contributed by atoms with Crippen LogP contribution in [0.25, 0.3) is 0 Å². The SMILES string of the molecule is CC(=O)OC[C@H]1O[C@@H](n2ccc(=O)[nH]c2=O)C(OC(C)=O)[C@H]1OC(C)=O. The van der Waals surface area contributed by atoms with Gasteiger partial charge in [-0.15, -0.1) is 0 Å².